The number of hydrogen-bond acceptors (Lipinski definition) is 7. The Morgan fingerprint density at radius 2 is 1.69 bits per heavy atom. The number of nitrogens with one attached hydrogen (secondary N) is 1. The minimum absolute atomic E-state index is 0.240. The first-order valence-electron chi connectivity index (χ1n) is 11.1. The van der Waals surface area contributed by atoms with Crippen molar-refractivity contribution in [2.24, 2.45) is 0 Å². The van der Waals surface area contributed by atoms with Gasteiger partial charge in [0.2, 0.25) is 16.0 Å². The van der Waals surface area contributed by atoms with Gasteiger partial charge in [0.25, 0.3) is 0 Å². The zero-order chi connectivity index (χ0) is 24.7. The quantitative estimate of drug-likeness (QED) is 0.348. The van der Waals surface area contributed by atoms with Crippen LogP contribution in [0, 0.1) is 0 Å². The van der Waals surface area contributed by atoms with Crippen LogP contribution in [-0.4, -0.2) is 45.6 Å². The van der Waals surface area contributed by atoms with E-state index in [9.17, 15) is 13.5 Å². The topological polar surface area (TPSA) is 108 Å². The Balaban J connectivity index is 1.45. The van der Waals surface area contributed by atoms with Crippen molar-refractivity contribution in [1.82, 2.24) is 19.3 Å². The smallest absolute Gasteiger partial charge is 0.223 e. The summed E-state index contributed by atoms with van der Waals surface area (Å²) in [5.41, 5.74) is 4.40. The maximum Gasteiger partial charge on any atom is 0.223 e. The van der Waals surface area contributed by atoms with Gasteiger partial charge in [-0.05, 0) is 53.4 Å². The second-order valence-corrected chi connectivity index (χ2v) is 10.2. The van der Waals surface area contributed by atoms with Crippen LogP contribution >= 0.6 is 0 Å². The molecule has 4 rings (SSSR count). The molecular weight excluding hydrogens is 462 g/mol. The molecule has 0 fully saturated rings. The summed E-state index contributed by atoms with van der Waals surface area (Å²) in [7, 11) is -3.43. The van der Waals surface area contributed by atoms with E-state index in [4.69, 9.17) is 0 Å². The third-order valence-corrected chi connectivity index (χ3v) is 6.62. The van der Waals surface area contributed by atoms with E-state index in [2.05, 4.69) is 20.3 Å². The lowest BCUT2D eigenvalue weighted by atomic mass is 10.1. The van der Waals surface area contributed by atoms with Gasteiger partial charge in [-0.1, -0.05) is 36.4 Å². The van der Waals surface area contributed by atoms with Gasteiger partial charge in [0, 0.05) is 43.8 Å². The summed E-state index contributed by atoms with van der Waals surface area (Å²) < 4.78 is 26.3. The Morgan fingerprint density at radius 3 is 2.43 bits per heavy atom. The summed E-state index contributed by atoms with van der Waals surface area (Å²) in [6.07, 6.45) is 7.01. The Kier molecular flexibility index (Phi) is 7.69. The molecule has 0 bridgehead atoms. The Bertz CT molecular complexity index is 1360. The largest absolute Gasteiger partial charge is 0.508 e. The van der Waals surface area contributed by atoms with Gasteiger partial charge in [-0.2, -0.15) is 4.31 Å². The Labute approximate surface area is 205 Å². The van der Waals surface area contributed by atoms with Crippen molar-refractivity contribution in [2.75, 3.05) is 18.1 Å². The Morgan fingerprint density at radius 1 is 0.914 bits per heavy atom. The molecule has 0 saturated heterocycles. The fraction of sp³-hybridized carbons (Fsp3) is 0.192. The molecular formula is C26H27N5O3S. The van der Waals surface area contributed by atoms with Crippen molar-refractivity contribution < 1.29 is 13.5 Å². The van der Waals surface area contributed by atoms with E-state index in [1.165, 1.54) is 10.6 Å². The fourth-order valence-corrected chi connectivity index (χ4v) is 4.37. The summed E-state index contributed by atoms with van der Waals surface area (Å²) in [5, 5.41) is 12.6. The van der Waals surface area contributed by atoms with Crippen LogP contribution in [0.5, 0.6) is 5.75 Å². The van der Waals surface area contributed by atoms with Gasteiger partial charge < -0.3 is 10.4 Å². The summed E-state index contributed by atoms with van der Waals surface area (Å²) in [5.74, 6) is 0.762. The molecule has 0 atom stereocenters. The summed E-state index contributed by atoms with van der Waals surface area (Å²) in [6.45, 7) is 1.13. The molecule has 0 spiro atoms. The number of phenolic OH excluding ortho intramolecular Hbond substituents is 1. The van der Waals surface area contributed by atoms with Crippen molar-refractivity contribution >= 4 is 16.0 Å². The minimum Gasteiger partial charge on any atom is -0.508 e. The zero-order valence-electron chi connectivity index (χ0n) is 19.4. The SMILES string of the molecule is CS(=O)(=O)N(Cc1cccnc1)Cc1cccc(-c2ccnc(NCCc3ccc(O)cc3)n2)c1. The molecule has 2 N–H and O–H groups in total. The number of hydrogen-bond donors (Lipinski definition) is 2. The molecule has 2 aromatic heterocycles. The van der Waals surface area contributed by atoms with E-state index in [1.54, 1.807) is 36.8 Å². The predicted molar refractivity (Wildman–Crippen MR) is 136 cm³/mol. The van der Waals surface area contributed by atoms with E-state index in [0.717, 1.165) is 34.4 Å². The number of aromatic nitrogens is 3. The monoisotopic (exact) mass is 489 g/mol. The molecule has 0 aliphatic heterocycles. The number of nitrogens with zero attached hydrogens (tertiary/aromatic N) is 4. The van der Waals surface area contributed by atoms with Gasteiger partial charge >= 0.3 is 0 Å². The number of pyridine rings is 1. The highest BCUT2D eigenvalue weighted by Crippen LogP contribution is 2.21. The summed E-state index contributed by atoms with van der Waals surface area (Å²) in [6, 6.07) is 20.3. The third-order valence-electron chi connectivity index (χ3n) is 5.42. The number of aromatic hydroxyl groups is 1. The molecule has 0 aliphatic rings. The third kappa shape index (κ3) is 7.08. The van der Waals surface area contributed by atoms with Gasteiger partial charge in [-0.15, -0.1) is 0 Å². The summed E-state index contributed by atoms with van der Waals surface area (Å²) in [4.78, 5) is 13.0. The van der Waals surface area contributed by atoms with E-state index < -0.39 is 10.0 Å². The number of sulfonamides is 1. The van der Waals surface area contributed by atoms with Crippen LogP contribution in [0.25, 0.3) is 11.3 Å². The van der Waals surface area contributed by atoms with Crippen LogP contribution in [0.2, 0.25) is 0 Å². The van der Waals surface area contributed by atoms with E-state index in [0.29, 0.717) is 12.5 Å². The highest BCUT2D eigenvalue weighted by Gasteiger charge is 2.18. The number of phenols is 1. The van der Waals surface area contributed by atoms with Crippen LogP contribution in [0.1, 0.15) is 16.7 Å². The number of benzene rings is 2. The van der Waals surface area contributed by atoms with E-state index in [-0.39, 0.29) is 18.8 Å². The molecule has 0 radical (unpaired) electrons. The van der Waals surface area contributed by atoms with Gasteiger partial charge in [0.15, 0.2) is 0 Å². The first kappa shape index (κ1) is 24.3. The van der Waals surface area contributed by atoms with Crippen molar-refractivity contribution in [3.63, 3.8) is 0 Å². The van der Waals surface area contributed by atoms with Gasteiger partial charge in [-0.3, -0.25) is 4.98 Å². The van der Waals surface area contributed by atoms with Crippen molar-refractivity contribution in [2.45, 2.75) is 19.5 Å². The molecule has 35 heavy (non-hydrogen) atoms. The van der Waals surface area contributed by atoms with Crippen molar-refractivity contribution in [1.29, 1.82) is 0 Å². The lowest BCUT2D eigenvalue weighted by molar-refractivity contribution is 0.404. The number of rotatable bonds is 10. The molecule has 0 aliphatic carbocycles. The second kappa shape index (κ2) is 11.1. The minimum atomic E-state index is -3.43. The maximum atomic E-state index is 12.4. The highest BCUT2D eigenvalue weighted by molar-refractivity contribution is 7.88. The lowest BCUT2D eigenvalue weighted by Crippen LogP contribution is -2.29. The standard InChI is InChI=1S/C26H27N5O3S/c1-35(33,34)31(19-22-5-3-13-27-17-22)18-21-4-2-6-23(16-21)25-12-15-29-26(30-25)28-14-11-20-7-9-24(32)10-8-20/h2-10,12-13,15-17,32H,11,14,18-19H2,1H3,(H,28,29,30). The van der Waals surface area contributed by atoms with Crippen molar-refractivity contribution in [3.8, 4) is 17.0 Å². The van der Waals surface area contributed by atoms with E-state index in [1.807, 2.05) is 48.5 Å². The average Bonchev–Trinajstić information content (AvgIpc) is 2.85. The molecule has 9 heteroatoms. The molecule has 2 aromatic carbocycles. The second-order valence-electron chi connectivity index (χ2n) is 8.20. The normalized spacial score (nSPS) is 11.5. The van der Waals surface area contributed by atoms with Crippen molar-refractivity contribution in [3.05, 3.63) is 102 Å². The average molecular weight is 490 g/mol. The van der Waals surface area contributed by atoms with Crippen LogP contribution < -0.4 is 5.32 Å². The fourth-order valence-electron chi connectivity index (χ4n) is 3.60. The molecule has 2 heterocycles. The van der Waals surface area contributed by atoms with Crippen LogP contribution in [0.15, 0.2) is 85.3 Å². The summed E-state index contributed by atoms with van der Waals surface area (Å²) >= 11 is 0. The van der Waals surface area contributed by atoms with Gasteiger partial charge in [0.05, 0.1) is 11.9 Å². The predicted octanol–water partition coefficient (Wildman–Crippen LogP) is 3.86. The lowest BCUT2D eigenvalue weighted by Gasteiger charge is -2.20. The molecule has 8 nitrogen and oxygen atoms in total. The molecule has 0 saturated carbocycles. The number of anilines is 1. The maximum absolute atomic E-state index is 12.4. The molecule has 0 amide bonds. The zero-order valence-corrected chi connectivity index (χ0v) is 20.2. The Hall–Kier alpha value is -3.82. The van der Waals surface area contributed by atoms with Crippen LogP contribution in [-0.2, 0) is 29.5 Å². The first-order chi connectivity index (χ1) is 16.9. The van der Waals surface area contributed by atoms with Gasteiger partial charge in [0.1, 0.15) is 5.75 Å². The molecule has 4 aromatic rings. The van der Waals surface area contributed by atoms with Gasteiger partial charge in [-0.25, -0.2) is 18.4 Å². The molecule has 0 unspecified atom stereocenters. The van der Waals surface area contributed by atoms with Crippen LogP contribution in [0.4, 0.5) is 5.95 Å². The highest BCUT2D eigenvalue weighted by atomic mass is 32.2. The van der Waals surface area contributed by atoms with Crippen LogP contribution in [0.3, 0.4) is 0 Å². The first-order valence-corrected chi connectivity index (χ1v) is 13.0. The molecule has 180 valence electrons. The van der Waals surface area contributed by atoms with E-state index >= 15 is 0 Å².